The molecule has 0 unspecified atom stereocenters. The summed E-state index contributed by atoms with van der Waals surface area (Å²) < 4.78 is 5.45. The summed E-state index contributed by atoms with van der Waals surface area (Å²) >= 11 is 1.58. The maximum absolute atomic E-state index is 12.6. The topological polar surface area (TPSA) is 84.9 Å². The van der Waals surface area contributed by atoms with Crippen molar-refractivity contribution in [1.82, 2.24) is 15.0 Å². The van der Waals surface area contributed by atoms with Gasteiger partial charge in [0, 0.05) is 17.3 Å². The van der Waals surface area contributed by atoms with Crippen LogP contribution in [-0.4, -0.2) is 20.9 Å². The number of aromatic nitrogens is 3. The largest absolute Gasteiger partial charge is 0.451 e. The van der Waals surface area contributed by atoms with E-state index in [9.17, 15) is 9.59 Å². The minimum atomic E-state index is -0.647. The van der Waals surface area contributed by atoms with E-state index >= 15 is 0 Å². The highest BCUT2D eigenvalue weighted by atomic mass is 32.1. The SMILES string of the molecule is C[C@@H]1CCc2c(sc3nc([C@@H](C)OC(=O)c4ccncc4)[nH]c(=O)c23)C1. The van der Waals surface area contributed by atoms with E-state index in [2.05, 4.69) is 21.9 Å². The van der Waals surface area contributed by atoms with Crippen molar-refractivity contribution < 1.29 is 9.53 Å². The average Bonchev–Trinajstić information content (AvgIpc) is 3.00. The summed E-state index contributed by atoms with van der Waals surface area (Å²) in [7, 11) is 0. The Kier molecular flexibility index (Phi) is 4.32. The van der Waals surface area contributed by atoms with E-state index in [1.807, 2.05) is 0 Å². The smallest absolute Gasteiger partial charge is 0.338 e. The number of esters is 1. The molecule has 26 heavy (non-hydrogen) atoms. The number of aryl methyl sites for hydroxylation is 1. The molecule has 0 aliphatic heterocycles. The van der Waals surface area contributed by atoms with Crippen molar-refractivity contribution in [3.05, 3.63) is 56.7 Å². The standard InChI is InChI=1S/C19H19N3O3S/c1-10-3-4-13-14(9-10)26-18-15(13)17(23)21-16(22-18)11(2)25-19(24)12-5-7-20-8-6-12/h5-8,10-11H,3-4,9H2,1-2H3,(H,21,22,23)/t10-,11-/m1/s1. The zero-order valence-electron chi connectivity index (χ0n) is 14.6. The zero-order valence-corrected chi connectivity index (χ0v) is 15.4. The lowest BCUT2D eigenvalue weighted by molar-refractivity contribution is 0.0320. The molecule has 134 valence electrons. The fourth-order valence-corrected chi connectivity index (χ4v) is 4.72. The minimum Gasteiger partial charge on any atom is -0.451 e. The average molecular weight is 369 g/mol. The molecule has 0 saturated heterocycles. The highest BCUT2D eigenvalue weighted by Gasteiger charge is 2.24. The van der Waals surface area contributed by atoms with Crippen LogP contribution < -0.4 is 5.56 Å². The monoisotopic (exact) mass is 369 g/mol. The van der Waals surface area contributed by atoms with Gasteiger partial charge in [0.15, 0.2) is 11.9 Å². The van der Waals surface area contributed by atoms with Crippen LogP contribution in [-0.2, 0) is 17.6 Å². The minimum absolute atomic E-state index is 0.149. The lowest BCUT2D eigenvalue weighted by atomic mass is 9.89. The Labute approximate surface area is 154 Å². The lowest BCUT2D eigenvalue weighted by Gasteiger charge is -2.17. The number of thiophene rings is 1. The quantitative estimate of drug-likeness (QED) is 0.715. The predicted molar refractivity (Wildman–Crippen MR) is 99.5 cm³/mol. The second kappa shape index (κ2) is 6.64. The first-order valence-electron chi connectivity index (χ1n) is 8.68. The third-order valence-electron chi connectivity index (χ3n) is 4.77. The van der Waals surface area contributed by atoms with E-state index in [1.165, 1.54) is 17.3 Å². The summed E-state index contributed by atoms with van der Waals surface area (Å²) in [6, 6.07) is 3.17. The van der Waals surface area contributed by atoms with Crippen molar-refractivity contribution in [3.63, 3.8) is 0 Å². The number of carbonyl (C=O) groups excluding carboxylic acids is 1. The number of hydrogen-bond donors (Lipinski definition) is 1. The molecule has 7 heteroatoms. The van der Waals surface area contributed by atoms with Gasteiger partial charge >= 0.3 is 5.97 Å². The molecular formula is C19H19N3O3S. The highest BCUT2D eigenvalue weighted by molar-refractivity contribution is 7.18. The molecule has 0 saturated carbocycles. The third kappa shape index (κ3) is 3.03. The molecule has 3 aromatic rings. The summed E-state index contributed by atoms with van der Waals surface area (Å²) in [6.45, 7) is 3.94. The van der Waals surface area contributed by atoms with E-state index in [0.717, 1.165) is 29.7 Å². The first kappa shape index (κ1) is 16.9. The van der Waals surface area contributed by atoms with Gasteiger partial charge in [-0.1, -0.05) is 6.92 Å². The number of ether oxygens (including phenoxy) is 1. The number of aromatic amines is 1. The van der Waals surface area contributed by atoms with Crippen LogP contribution in [0, 0.1) is 5.92 Å². The Bertz CT molecular complexity index is 1030. The van der Waals surface area contributed by atoms with E-state index < -0.39 is 12.1 Å². The van der Waals surface area contributed by atoms with Crippen LogP contribution >= 0.6 is 11.3 Å². The van der Waals surface area contributed by atoms with E-state index in [0.29, 0.717) is 22.7 Å². The Morgan fingerprint density at radius 2 is 2.15 bits per heavy atom. The number of pyridine rings is 1. The zero-order chi connectivity index (χ0) is 18.3. The number of carbonyl (C=O) groups is 1. The van der Waals surface area contributed by atoms with Crippen molar-refractivity contribution in [3.8, 4) is 0 Å². The second-order valence-corrected chi connectivity index (χ2v) is 7.85. The van der Waals surface area contributed by atoms with Crippen molar-refractivity contribution in [2.45, 2.75) is 39.2 Å². The molecule has 0 bridgehead atoms. The Morgan fingerprint density at radius 3 is 2.92 bits per heavy atom. The molecule has 0 amide bonds. The highest BCUT2D eigenvalue weighted by Crippen LogP contribution is 2.35. The maximum atomic E-state index is 12.6. The van der Waals surface area contributed by atoms with Gasteiger partial charge in [-0.3, -0.25) is 9.78 Å². The van der Waals surface area contributed by atoms with Gasteiger partial charge in [0.05, 0.1) is 10.9 Å². The molecule has 0 fully saturated rings. The van der Waals surface area contributed by atoms with E-state index in [-0.39, 0.29) is 5.56 Å². The molecule has 2 atom stereocenters. The fraction of sp³-hybridized carbons (Fsp3) is 0.368. The van der Waals surface area contributed by atoms with E-state index in [1.54, 1.807) is 30.4 Å². The predicted octanol–water partition coefficient (Wildman–Crippen LogP) is 3.42. The van der Waals surface area contributed by atoms with Crippen LogP contribution in [0.4, 0.5) is 0 Å². The Hall–Kier alpha value is -2.54. The summed E-state index contributed by atoms with van der Waals surface area (Å²) in [4.78, 5) is 38.1. The van der Waals surface area contributed by atoms with Gasteiger partial charge in [-0.15, -0.1) is 11.3 Å². The summed E-state index contributed by atoms with van der Waals surface area (Å²) in [5, 5.41) is 0.702. The van der Waals surface area contributed by atoms with Crippen LogP contribution in [0.2, 0.25) is 0 Å². The molecule has 0 aromatic carbocycles. The Morgan fingerprint density at radius 1 is 1.38 bits per heavy atom. The van der Waals surface area contributed by atoms with Gasteiger partial charge < -0.3 is 9.72 Å². The van der Waals surface area contributed by atoms with Crippen LogP contribution in [0.3, 0.4) is 0 Å². The van der Waals surface area contributed by atoms with Crippen LogP contribution in [0.1, 0.15) is 53.0 Å². The normalized spacial score (nSPS) is 17.7. The number of nitrogens with zero attached hydrogens (tertiary/aromatic N) is 2. The summed E-state index contributed by atoms with van der Waals surface area (Å²) in [6.07, 6.45) is 5.44. The van der Waals surface area contributed by atoms with Gasteiger partial charge in [0.25, 0.3) is 5.56 Å². The first-order chi connectivity index (χ1) is 12.5. The molecule has 3 aromatic heterocycles. The van der Waals surface area contributed by atoms with Crippen molar-refractivity contribution in [1.29, 1.82) is 0 Å². The van der Waals surface area contributed by atoms with Crippen LogP contribution in [0.15, 0.2) is 29.3 Å². The van der Waals surface area contributed by atoms with E-state index in [4.69, 9.17) is 4.74 Å². The van der Waals surface area contributed by atoms with Crippen molar-refractivity contribution in [2.24, 2.45) is 5.92 Å². The number of rotatable bonds is 3. The third-order valence-corrected chi connectivity index (χ3v) is 5.92. The molecule has 4 rings (SSSR count). The van der Waals surface area contributed by atoms with Crippen LogP contribution in [0.5, 0.6) is 0 Å². The lowest BCUT2D eigenvalue weighted by Crippen LogP contribution is -2.18. The van der Waals surface area contributed by atoms with Gasteiger partial charge in [0.2, 0.25) is 0 Å². The van der Waals surface area contributed by atoms with Gasteiger partial charge in [-0.2, -0.15) is 0 Å². The van der Waals surface area contributed by atoms with Gasteiger partial charge in [0.1, 0.15) is 4.83 Å². The van der Waals surface area contributed by atoms with Crippen molar-refractivity contribution in [2.75, 3.05) is 0 Å². The van der Waals surface area contributed by atoms with Crippen molar-refractivity contribution >= 4 is 27.5 Å². The molecule has 3 heterocycles. The molecule has 6 nitrogen and oxygen atoms in total. The number of fused-ring (bicyclic) bond motifs is 3. The molecule has 1 aliphatic carbocycles. The molecule has 1 N–H and O–H groups in total. The van der Waals surface area contributed by atoms with Crippen LogP contribution in [0.25, 0.3) is 10.2 Å². The first-order valence-corrected chi connectivity index (χ1v) is 9.50. The fourth-order valence-electron chi connectivity index (χ4n) is 3.33. The Balaban J connectivity index is 1.65. The summed E-state index contributed by atoms with van der Waals surface area (Å²) in [5.41, 5.74) is 1.41. The summed E-state index contributed by atoms with van der Waals surface area (Å²) in [5.74, 6) is 0.535. The van der Waals surface area contributed by atoms with Gasteiger partial charge in [-0.05, 0) is 49.8 Å². The number of nitrogens with one attached hydrogen (secondary N) is 1. The molecular weight excluding hydrogens is 350 g/mol. The molecule has 0 radical (unpaired) electrons. The second-order valence-electron chi connectivity index (χ2n) is 6.77. The number of H-pyrrole nitrogens is 1. The molecule has 1 aliphatic rings. The number of hydrogen-bond acceptors (Lipinski definition) is 6. The van der Waals surface area contributed by atoms with Gasteiger partial charge in [-0.25, -0.2) is 9.78 Å². The molecule has 0 spiro atoms. The maximum Gasteiger partial charge on any atom is 0.338 e.